The summed E-state index contributed by atoms with van der Waals surface area (Å²) < 4.78 is 0. The van der Waals surface area contributed by atoms with Gasteiger partial charge in [0, 0.05) is 36.1 Å². The maximum absolute atomic E-state index is 12.3. The van der Waals surface area contributed by atoms with E-state index in [0.29, 0.717) is 18.2 Å². The molecule has 27 heavy (non-hydrogen) atoms. The number of amides is 1. The standard InChI is InChI=1S/C19H25N5O.C2H6/c1-13-11-17(23-14(2)22-13)12-21-19(25)15-3-5-18(6-4-15)24-9-7-16(20)8-10-24;1-2/h3-6,11,16H,7-10,12,20H2,1-2H3,(H,21,25);1-2H3. The monoisotopic (exact) mass is 369 g/mol. The number of aromatic nitrogens is 2. The van der Waals surface area contributed by atoms with Crippen molar-refractivity contribution in [2.45, 2.75) is 53.1 Å². The lowest BCUT2D eigenvalue weighted by atomic mass is 10.0. The Morgan fingerprint density at radius 3 is 2.37 bits per heavy atom. The van der Waals surface area contributed by atoms with Crippen molar-refractivity contribution in [2.75, 3.05) is 18.0 Å². The molecule has 0 unspecified atom stereocenters. The number of rotatable bonds is 4. The molecule has 1 amide bonds. The number of carbonyl (C=O) groups is 1. The Morgan fingerprint density at radius 1 is 1.15 bits per heavy atom. The molecule has 146 valence electrons. The Kier molecular flexibility index (Phi) is 7.73. The molecule has 0 bridgehead atoms. The number of carbonyl (C=O) groups excluding carboxylic acids is 1. The topological polar surface area (TPSA) is 84.1 Å². The van der Waals surface area contributed by atoms with Crippen LogP contribution in [0.1, 0.15) is 54.3 Å². The molecule has 0 atom stereocenters. The van der Waals surface area contributed by atoms with Gasteiger partial charge in [-0.2, -0.15) is 0 Å². The van der Waals surface area contributed by atoms with Crippen molar-refractivity contribution in [1.29, 1.82) is 0 Å². The minimum absolute atomic E-state index is 0.0962. The molecular formula is C21H31N5O. The van der Waals surface area contributed by atoms with Gasteiger partial charge in [0.2, 0.25) is 0 Å². The Bertz CT molecular complexity index is 716. The molecule has 3 N–H and O–H groups in total. The van der Waals surface area contributed by atoms with Crippen molar-refractivity contribution < 1.29 is 4.79 Å². The normalized spacial score (nSPS) is 14.3. The number of nitrogens with one attached hydrogen (secondary N) is 1. The SMILES string of the molecule is CC.Cc1cc(CNC(=O)c2ccc(N3CCC(N)CC3)cc2)nc(C)n1. The minimum atomic E-state index is -0.0962. The van der Waals surface area contributed by atoms with Crippen LogP contribution >= 0.6 is 0 Å². The van der Waals surface area contributed by atoms with Crippen molar-refractivity contribution in [2.24, 2.45) is 5.73 Å². The van der Waals surface area contributed by atoms with Gasteiger partial charge in [-0.25, -0.2) is 9.97 Å². The second-order valence-corrected chi connectivity index (χ2v) is 6.60. The van der Waals surface area contributed by atoms with Crippen LogP contribution in [0.3, 0.4) is 0 Å². The molecule has 1 fully saturated rings. The van der Waals surface area contributed by atoms with Crippen LogP contribution in [-0.2, 0) is 6.54 Å². The zero-order chi connectivity index (χ0) is 19.8. The summed E-state index contributed by atoms with van der Waals surface area (Å²) in [7, 11) is 0. The average Bonchev–Trinajstić information content (AvgIpc) is 2.68. The van der Waals surface area contributed by atoms with Crippen molar-refractivity contribution in [3.05, 3.63) is 53.1 Å². The molecule has 1 aliphatic rings. The van der Waals surface area contributed by atoms with E-state index in [9.17, 15) is 4.79 Å². The Morgan fingerprint density at radius 2 is 1.78 bits per heavy atom. The summed E-state index contributed by atoms with van der Waals surface area (Å²) in [5.74, 6) is 0.621. The third kappa shape index (κ3) is 6.03. The van der Waals surface area contributed by atoms with Gasteiger partial charge in [0.1, 0.15) is 5.82 Å². The second-order valence-electron chi connectivity index (χ2n) is 6.60. The van der Waals surface area contributed by atoms with E-state index in [1.54, 1.807) is 0 Å². The van der Waals surface area contributed by atoms with E-state index in [4.69, 9.17) is 5.73 Å². The van der Waals surface area contributed by atoms with Gasteiger partial charge in [0.25, 0.3) is 5.91 Å². The number of aryl methyl sites for hydroxylation is 2. The van der Waals surface area contributed by atoms with Crippen LogP contribution in [0.5, 0.6) is 0 Å². The van der Waals surface area contributed by atoms with Gasteiger partial charge in [-0.1, -0.05) is 13.8 Å². The van der Waals surface area contributed by atoms with E-state index in [1.807, 2.05) is 58.0 Å². The molecule has 6 nitrogen and oxygen atoms in total. The van der Waals surface area contributed by atoms with Crippen molar-refractivity contribution in [3.63, 3.8) is 0 Å². The van der Waals surface area contributed by atoms with Crippen LogP contribution in [0, 0.1) is 13.8 Å². The van der Waals surface area contributed by atoms with Crippen molar-refractivity contribution in [3.8, 4) is 0 Å². The molecule has 1 saturated heterocycles. The smallest absolute Gasteiger partial charge is 0.251 e. The highest BCUT2D eigenvalue weighted by Gasteiger charge is 2.16. The number of nitrogens with zero attached hydrogens (tertiary/aromatic N) is 3. The van der Waals surface area contributed by atoms with Gasteiger partial charge in [-0.05, 0) is 57.0 Å². The Hall–Kier alpha value is -2.47. The predicted molar refractivity (Wildman–Crippen MR) is 110 cm³/mol. The van der Waals surface area contributed by atoms with E-state index in [1.165, 1.54) is 0 Å². The highest BCUT2D eigenvalue weighted by molar-refractivity contribution is 5.94. The lowest BCUT2D eigenvalue weighted by Gasteiger charge is -2.32. The average molecular weight is 370 g/mol. The molecule has 0 aliphatic carbocycles. The summed E-state index contributed by atoms with van der Waals surface area (Å²) in [6.45, 7) is 10.1. The number of nitrogens with two attached hydrogens (primary N) is 1. The van der Waals surface area contributed by atoms with Crippen molar-refractivity contribution in [1.82, 2.24) is 15.3 Å². The third-order valence-electron chi connectivity index (χ3n) is 4.48. The fraction of sp³-hybridized carbons (Fsp3) is 0.476. The second kappa shape index (κ2) is 10.0. The van der Waals surface area contributed by atoms with Crippen LogP contribution in [0.2, 0.25) is 0 Å². The summed E-state index contributed by atoms with van der Waals surface area (Å²) in [4.78, 5) is 23.2. The fourth-order valence-electron chi connectivity index (χ4n) is 3.14. The molecule has 1 aliphatic heterocycles. The first-order chi connectivity index (χ1) is 13.0. The molecule has 0 saturated carbocycles. The van der Waals surface area contributed by atoms with Gasteiger partial charge in [0.05, 0.1) is 12.2 Å². The van der Waals surface area contributed by atoms with Gasteiger partial charge in [-0.15, -0.1) is 0 Å². The molecule has 0 radical (unpaired) electrons. The maximum atomic E-state index is 12.3. The van der Waals surface area contributed by atoms with Gasteiger partial charge >= 0.3 is 0 Å². The van der Waals surface area contributed by atoms with E-state index in [0.717, 1.165) is 48.8 Å². The molecule has 0 spiro atoms. The minimum Gasteiger partial charge on any atom is -0.371 e. The number of piperidine rings is 1. The summed E-state index contributed by atoms with van der Waals surface area (Å²) in [5.41, 5.74) is 9.47. The third-order valence-corrected chi connectivity index (χ3v) is 4.48. The molecule has 3 rings (SSSR count). The Labute approximate surface area is 162 Å². The zero-order valence-electron chi connectivity index (χ0n) is 16.8. The number of hydrogen-bond donors (Lipinski definition) is 2. The molecule has 2 heterocycles. The summed E-state index contributed by atoms with van der Waals surface area (Å²) in [6, 6.07) is 9.95. The maximum Gasteiger partial charge on any atom is 0.251 e. The summed E-state index contributed by atoms with van der Waals surface area (Å²) in [6.07, 6.45) is 2.03. The van der Waals surface area contributed by atoms with Crippen LogP contribution in [0.25, 0.3) is 0 Å². The van der Waals surface area contributed by atoms with Crippen LogP contribution in [0.4, 0.5) is 5.69 Å². The van der Waals surface area contributed by atoms with Gasteiger partial charge in [-0.3, -0.25) is 4.79 Å². The molecule has 1 aromatic carbocycles. The molecule has 6 heteroatoms. The predicted octanol–water partition coefficient (Wildman–Crippen LogP) is 2.98. The van der Waals surface area contributed by atoms with E-state index in [2.05, 4.69) is 20.2 Å². The first kappa shape index (κ1) is 20.8. The fourth-order valence-corrected chi connectivity index (χ4v) is 3.14. The number of benzene rings is 1. The van der Waals surface area contributed by atoms with E-state index in [-0.39, 0.29) is 5.91 Å². The molecular weight excluding hydrogens is 338 g/mol. The molecule has 2 aromatic rings. The van der Waals surface area contributed by atoms with E-state index < -0.39 is 0 Å². The first-order valence-electron chi connectivity index (χ1n) is 9.71. The van der Waals surface area contributed by atoms with Gasteiger partial charge in [0.15, 0.2) is 0 Å². The summed E-state index contributed by atoms with van der Waals surface area (Å²) in [5, 5.41) is 2.92. The zero-order valence-corrected chi connectivity index (χ0v) is 16.8. The first-order valence-corrected chi connectivity index (χ1v) is 9.71. The molecule has 1 aromatic heterocycles. The van der Waals surface area contributed by atoms with Crippen LogP contribution in [0.15, 0.2) is 30.3 Å². The van der Waals surface area contributed by atoms with Crippen LogP contribution in [-0.4, -0.2) is 35.0 Å². The van der Waals surface area contributed by atoms with E-state index >= 15 is 0 Å². The lowest BCUT2D eigenvalue weighted by Crippen LogP contribution is -2.39. The number of anilines is 1. The largest absolute Gasteiger partial charge is 0.371 e. The quantitative estimate of drug-likeness (QED) is 0.865. The lowest BCUT2D eigenvalue weighted by molar-refractivity contribution is 0.0950. The van der Waals surface area contributed by atoms with Gasteiger partial charge < -0.3 is 16.0 Å². The summed E-state index contributed by atoms with van der Waals surface area (Å²) >= 11 is 0. The van der Waals surface area contributed by atoms with Crippen molar-refractivity contribution >= 4 is 11.6 Å². The highest BCUT2D eigenvalue weighted by atomic mass is 16.1. The number of hydrogen-bond acceptors (Lipinski definition) is 5. The highest BCUT2D eigenvalue weighted by Crippen LogP contribution is 2.20. The Balaban J connectivity index is 0.00000126. The van der Waals surface area contributed by atoms with Crippen LogP contribution < -0.4 is 16.0 Å².